The van der Waals surface area contributed by atoms with E-state index in [0.29, 0.717) is 0 Å². The van der Waals surface area contributed by atoms with Gasteiger partial charge in [0.1, 0.15) is 37.6 Å². The molecule has 0 bridgehead atoms. The average Bonchev–Trinajstić information content (AvgIpc) is 2.87. The predicted octanol–water partition coefficient (Wildman–Crippen LogP) is -1.83. The van der Waals surface area contributed by atoms with Crippen LogP contribution in [0.5, 0.6) is 0 Å². The van der Waals surface area contributed by atoms with Crippen molar-refractivity contribution in [2.45, 2.75) is 110 Å². The SMILES string of the molecule is CC(=O)NC1[C@H](O)OC(COC(C)=O)[C@H](O[C@@H]2OC(COC(C)=O)[C@H](OC(C)=O)[C@H](OC(C)=O)C2OC(C)=O)[C@@H]1OC(C)=O. The highest BCUT2D eigenvalue weighted by Gasteiger charge is 2.56. The van der Waals surface area contributed by atoms with Gasteiger partial charge in [-0.15, -0.1) is 0 Å². The number of hydrogen-bond donors (Lipinski definition) is 2. The van der Waals surface area contributed by atoms with Gasteiger partial charge in [0.15, 0.2) is 37.0 Å². The molecule has 1 amide bonds. The van der Waals surface area contributed by atoms with Crippen LogP contribution in [0.2, 0.25) is 0 Å². The molecule has 2 N–H and O–H groups in total. The van der Waals surface area contributed by atoms with E-state index in [-0.39, 0.29) is 0 Å². The molecule has 2 aliphatic heterocycles. The van der Waals surface area contributed by atoms with Crippen molar-refractivity contribution in [1.82, 2.24) is 5.32 Å². The fourth-order valence-electron chi connectivity index (χ4n) is 4.59. The maximum absolute atomic E-state index is 12.2. The standard InChI is InChI=1S/C26H37NO17/c1-10(28)27-19-22(39-14(5)32)20(17(42-25(19)35)8-36-11(2)29)44-26-24(41-16(7)34)23(40-15(6)33)21(38-13(4)31)18(43-26)9-37-12(3)30/h17-26,35H,8-9H2,1-7H3,(H,27,28)/t17?,18?,19?,20-,21-,22+,23-,24?,25+,26-/m0/s1. The van der Waals surface area contributed by atoms with E-state index in [2.05, 4.69) is 5.32 Å². The summed E-state index contributed by atoms with van der Waals surface area (Å²) in [6.45, 7) is 6.33. The van der Waals surface area contributed by atoms with Crippen LogP contribution in [0, 0.1) is 0 Å². The number of ether oxygens (including phenoxy) is 9. The van der Waals surface area contributed by atoms with Crippen molar-refractivity contribution in [2.75, 3.05) is 13.2 Å². The molecule has 0 saturated carbocycles. The van der Waals surface area contributed by atoms with Crippen molar-refractivity contribution < 1.29 is 81.3 Å². The third-order valence-electron chi connectivity index (χ3n) is 6.03. The fraction of sp³-hybridized carbons (Fsp3) is 0.731. The first-order chi connectivity index (χ1) is 20.5. The van der Waals surface area contributed by atoms with E-state index in [9.17, 15) is 38.7 Å². The number of carbonyl (C=O) groups is 7. The smallest absolute Gasteiger partial charge is 0.303 e. The molecule has 2 aliphatic rings. The summed E-state index contributed by atoms with van der Waals surface area (Å²) in [5, 5.41) is 13.1. The number of aliphatic hydroxyl groups excluding tert-OH is 1. The highest BCUT2D eigenvalue weighted by molar-refractivity contribution is 5.73. The molecular weight excluding hydrogens is 598 g/mol. The van der Waals surface area contributed by atoms with Crippen molar-refractivity contribution in [1.29, 1.82) is 0 Å². The number of esters is 6. The highest BCUT2D eigenvalue weighted by Crippen LogP contribution is 2.34. The first-order valence-corrected chi connectivity index (χ1v) is 13.4. The van der Waals surface area contributed by atoms with Gasteiger partial charge in [-0.25, -0.2) is 0 Å². The van der Waals surface area contributed by atoms with Crippen molar-refractivity contribution in [2.24, 2.45) is 0 Å². The summed E-state index contributed by atoms with van der Waals surface area (Å²) in [5.41, 5.74) is 0. The molecule has 0 aromatic rings. The average molecular weight is 636 g/mol. The van der Waals surface area contributed by atoms with Gasteiger partial charge in [-0.05, 0) is 0 Å². The van der Waals surface area contributed by atoms with Crippen LogP contribution in [-0.2, 0) is 76.2 Å². The Kier molecular flexibility index (Phi) is 13.4. The minimum absolute atomic E-state index is 0.559. The zero-order valence-electron chi connectivity index (χ0n) is 25.2. The van der Waals surface area contributed by atoms with Crippen LogP contribution in [0.25, 0.3) is 0 Å². The van der Waals surface area contributed by atoms with E-state index in [1.165, 1.54) is 0 Å². The number of nitrogens with one attached hydrogen (secondary N) is 1. The lowest BCUT2D eigenvalue weighted by atomic mass is 9.95. The van der Waals surface area contributed by atoms with E-state index < -0.39 is 116 Å². The summed E-state index contributed by atoms with van der Waals surface area (Å²) >= 11 is 0. The van der Waals surface area contributed by atoms with Crippen LogP contribution in [0.4, 0.5) is 0 Å². The predicted molar refractivity (Wildman–Crippen MR) is 138 cm³/mol. The summed E-state index contributed by atoms with van der Waals surface area (Å²) in [6, 6.07) is -1.43. The largest absolute Gasteiger partial charge is 0.463 e. The Labute approximate surface area is 251 Å². The van der Waals surface area contributed by atoms with Gasteiger partial charge in [0, 0.05) is 48.5 Å². The van der Waals surface area contributed by atoms with Crippen LogP contribution >= 0.6 is 0 Å². The second-order valence-corrected chi connectivity index (χ2v) is 9.84. The van der Waals surface area contributed by atoms with Gasteiger partial charge in [0.2, 0.25) is 5.91 Å². The van der Waals surface area contributed by atoms with E-state index >= 15 is 0 Å². The van der Waals surface area contributed by atoms with Crippen LogP contribution in [0.15, 0.2) is 0 Å². The summed E-state index contributed by atoms with van der Waals surface area (Å²) in [5.74, 6) is -5.68. The number of hydrogen-bond acceptors (Lipinski definition) is 17. The van der Waals surface area contributed by atoms with Gasteiger partial charge in [-0.3, -0.25) is 33.6 Å². The van der Waals surface area contributed by atoms with Crippen LogP contribution in [0.3, 0.4) is 0 Å². The molecule has 4 unspecified atom stereocenters. The molecule has 10 atom stereocenters. The van der Waals surface area contributed by atoms with Gasteiger partial charge < -0.3 is 53.1 Å². The van der Waals surface area contributed by atoms with E-state index in [1.54, 1.807) is 0 Å². The molecule has 0 radical (unpaired) electrons. The third kappa shape index (κ3) is 10.7. The zero-order valence-corrected chi connectivity index (χ0v) is 25.2. The molecule has 18 nitrogen and oxygen atoms in total. The minimum Gasteiger partial charge on any atom is -0.463 e. The molecule has 248 valence electrons. The molecular formula is C26H37NO17. The highest BCUT2D eigenvalue weighted by atomic mass is 16.8. The summed E-state index contributed by atoms with van der Waals surface area (Å²) < 4.78 is 49.2. The first kappa shape index (κ1) is 36.3. The Morgan fingerprint density at radius 2 is 1.00 bits per heavy atom. The van der Waals surface area contributed by atoms with Gasteiger partial charge in [0.05, 0.1) is 0 Å². The minimum atomic E-state index is -1.79. The molecule has 2 rings (SSSR count). The quantitative estimate of drug-likeness (QED) is 0.188. The molecule has 2 saturated heterocycles. The lowest BCUT2D eigenvalue weighted by molar-refractivity contribution is -0.347. The Morgan fingerprint density at radius 1 is 0.568 bits per heavy atom. The lowest BCUT2D eigenvalue weighted by Crippen LogP contribution is -2.68. The number of rotatable bonds is 11. The van der Waals surface area contributed by atoms with E-state index in [0.717, 1.165) is 48.5 Å². The van der Waals surface area contributed by atoms with Crippen molar-refractivity contribution >= 4 is 41.7 Å². The zero-order chi connectivity index (χ0) is 33.3. The van der Waals surface area contributed by atoms with Gasteiger partial charge in [-0.1, -0.05) is 0 Å². The fourth-order valence-corrected chi connectivity index (χ4v) is 4.59. The monoisotopic (exact) mass is 635 g/mol. The molecule has 0 spiro atoms. The van der Waals surface area contributed by atoms with Gasteiger partial charge in [-0.2, -0.15) is 0 Å². The molecule has 2 fully saturated rings. The molecule has 44 heavy (non-hydrogen) atoms. The second-order valence-electron chi connectivity index (χ2n) is 9.84. The Morgan fingerprint density at radius 3 is 1.45 bits per heavy atom. The number of aliphatic hydroxyl groups is 1. The Hall–Kier alpha value is -3.87. The number of carbonyl (C=O) groups excluding carboxylic acids is 7. The van der Waals surface area contributed by atoms with E-state index in [4.69, 9.17) is 42.6 Å². The van der Waals surface area contributed by atoms with Crippen LogP contribution < -0.4 is 5.32 Å². The summed E-state index contributed by atoms with van der Waals surface area (Å²) in [7, 11) is 0. The molecule has 0 aromatic carbocycles. The Bertz CT molecular complexity index is 1090. The number of amides is 1. The van der Waals surface area contributed by atoms with Gasteiger partial charge >= 0.3 is 35.8 Å². The second kappa shape index (κ2) is 16.3. The molecule has 0 aromatic heterocycles. The van der Waals surface area contributed by atoms with Crippen molar-refractivity contribution in [3.05, 3.63) is 0 Å². The molecule has 0 aliphatic carbocycles. The first-order valence-electron chi connectivity index (χ1n) is 13.4. The summed E-state index contributed by atoms with van der Waals surface area (Å²) in [6.07, 6.45) is -14.2. The maximum atomic E-state index is 12.2. The third-order valence-corrected chi connectivity index (χ3v) is 6.03. The maximum Gasteiger partial charge on any atom is 0.303 e. The van der Waals surface area contributed by atoms with Crippen molar-refractivity contribution in [3.8, 4) is 0 Å². The van der Waals surface area contributed by atoms with E-state index in [1.807, 2.05) is 0 Å². The van der Waals surface area contributed by atoms with Gasteiger partial charge in [0.25, 0.3) is 0 Å². The lowest BCUT2D eigenvalue weighted by Gasteiger charge is -2.48. The topological polar surface area (TPSA) is 235 Å². The van der Waals surface area contributed by atoms with Crippen LogP contribution in [0.1, 0.15) is 48.5 Å². The normalized spacial score (nSPS) is 31.5. The summed E-state index contributed by atoms with van der Waals surface area (Å²) in [4.78, 5) is 83.6. The molecule has 2 heterocycles. The molecule has 18 heteroatoms. The van der Waals surface area contributed by atoms with Crippen LogP contribution in [-0.4, -0.2) is 121 Å². The van der Waals surface area contributed by atoms with Crippen molar-refractivity contribution in [3.63, 3.8) is 0 Å². The Balaban J connectivity index is 2.66.